The second kappa shape index (κ2) is 7.45. The summed E-state index contributed by atoms with van der Waals surface area (Å²) >= 11 is 5.37. The standard InChI is InChI=1S/C16H15ClN2O2/c17-11-14(20)18-16(21)19-15(12-7-3-1-4-8-12)13-9-5-2-6-10-13/h1-10,15H,11H2,(H2,18,19,20,21). The number of carbonyl (C=O) groups is 2. The van der Waals surface area contributed by atoms with Crippen molar-refractivity contribution >= 4 is 23.5 Å². The van der Waals surface area contributed by atoms with E-state index < -0.39 is 11.9 Å². The number of nitrogens with one attached hydrogen (secondary N) is 2. The molecule has 0 unspecified atom stereocenters. The Bertz CT molecular complexity index is 563. The predicted molar refractivity (Wildman–Crippen MR) is 82.1 cm³/mol. The summed E-state index contributed by atoms with van der Waals surface area (Å²) in [5.41, 5.74) is 1.86. The lowest BCUT2D eigenvalue weighted by Gasteiger charge is -2.19. The first kappa shape index (κ1) is 15.1. The summed E-state index contributed by atoms with van der Waals surface area (Å²) < 4.78 is 0. The largest absolute Gasteiger partial charge is 0.327 e. The van der Waals surface area contributed by atoms with Crippen molar-refractivity contribution in [2.75, 3.05) is 5.88 Å². The van der Waals surface area contributed by atoms with Crippen LogP contribution in [0.3, 0.4) is 0 Å². The van der Waals surface area contributed by atoms with E-state index in [1.165, 1.54) is 0 Å². The minimum atomic E-state index is -0.571. The number of hydrogen-bond donors (Lipinski definition) is 2. The molecule has 4 nitrogen and oxygen atoms in total. The zero-order chi connectivity index (χ0) is 15.1. The van der Waals surface area contributed by atoms with Gasteiger partial charge >= 0.3 is 6.03 Å². The Labute approximate surface area is 128 Å². The topological polar surface area (TPSA) is 58.2 Å². The van der Waals surface area contributed by atoms with E-state index in [-0.39, 0.29) is 11.9 Å². The van der Waals surface area contributed by atoms with Gasteiger partial charge in [-0.2, -0.15) is 0 Å². The van der Waals surface area contributed by atoms with Gasteiger partial charge in [0.05, 0.1) is 6.04 Å². The van der Waals surface area contributed by atoms with E-state index in [4.69, 9.17) is 11.6 Å². The van der Waals surface area contributed by atoms with Gasteiger partial charge in [-0.05, 0) is 11.1 Å². The summed E-state index contributed by atoms with van der Waals surface area (Å²) in [6, 6.07) is 18.2. The molecule has 2 aromatic rings. The van der Waals surface area contributed by atoms with Gasteiger partial charge in [-0.15, -0.1) is 11.6 Å². The van der Waals surface area contributed by atoms with Crippen LogP contribution in [0, 0.1) is 0 Å². The van der Waals surface area contributed by atoms with E-state index in [0.29, 0.717) is 0 Å². The highest BCUT2D eigenvalue weighted by Crippen LogP contribution is 2.21. The Morgan fingerprint density at radius 3 is 1.81 bits per heavy atom. The van der Waals surface area contributed by atoms with Gasteiger partial charge < -0.3 is 5.32 Å². The van der Waals surface area contributed by atoms with Crippen molar-refractivity contribution < 1.29 is 9.59 Å². The van der Waals surface area contributed by atoms with E-state index in [9.17, 15) is 9.59 Å². The monoisotopic (exact) mass is 302 g/mol. The number of rotatable bonds is 4. The molecule has 0 saturated heterocycles. The normalized spacial score (nSPS) is 10.2. The molecule has 21 heavy (non-hydrogen) atoms. The smallest absolute Gasteiger partial charge is 0.322 e. The van der Waals surface area contributed by atoms with Gasteiger partial charge in [-0.25, -0.2) is 4.79 Å². The first-order valence-electron chi connectivity index (χ1n) is 6.47. The van der Waals surface area contributed by atoms with E-state index >= 15 is 0 Å². The highest BCUT2D eigenvalue weighted by atomic mass is 35.5. The molecule has 0 aliphatic carbocycles. The predicted octanol–water partition coefficient (Wildman–Crippen LogP) is 2.84. The third-order valence-corrected chi connectivity index (χ3v) is 3.16. The highest BCUT2D eigenvalue weighted by Gasteiger charge is 2.17. The fourth-order valence-electron chi connectivity index (χ4n) is 1.98. The molecule has 0 spiro atoms. The second-order valence-electron chi connectivity index (χ2n) is 4.41. The second-order valence-corrected chi connectivity index (χ2v) is 4.68. The van der Waals surface area contributed by atoms with Gasteiger partial charge in [-0.1, -0.05) is 60.7 Å². The summed E-state index contributed by atoms with van der Waals surface area (Å²) in [6.45, 7) is 0. The number of amides is 3. The summed E-state index contributed by atoms with van der Waals surface area (Å²) in [7, 11) is 0. The number of urea groups is 1. The van der Waals surface area contributed by atoms with E-state index in [1.54, 1.807) is 0 Å². The number of carbonyl (C=O) groups excluding carboxylic acids is 2. The number of alkyl halides is 1. The molecule has 2 rings (SSSR count). The third kappa shape index (κ3) is 4.33. The van der Waals surface area contributed by atoms with Crippen molar-refractivity contribution in [2.45, 2.75) is 6.04 Å². The maximum absolute atomic E-state index is 11.9. The molecule has 2 aromatic carbocycles. The number of imide groups is 1. The molecule has 0 aromatic heterocycles. The highest BCUT2D eigenvalue weighted by molar-refractivity contribution is 6.28. The first-order valence-corrected chi connectivity index (χ1v) is 7.00. The lowest BCUT2D eigenvalue weighted by molar-refractivity contribution is -0.117. The zero-order valence-corrected chi connectivity index (χ0v) is 12.0. The molecule has 0 fully saturated rings. The maximum Gasteiger partial charge on any atom is 0.322 e. The fraction of sp³-hybridized carbons (Fsp3) is 0.125. The van der Waals surface area contributed by atoms with Crippen molar-refractivity contribution in [1.29, 1.82) is 0 Å². The summed E-state index contributed by atoms with van der Waals surface area (Å²) in [6.07, 6.45) is 0. The summed E-state index contributed by atoms with van der Waals surface area (Å²) in [5.74, 6) is -0.788. The summed E-state index contributed by atoms with van der Waals surface area (Å²) in [4.78, 5) is 23.0. The Morgan fingerprint density at radius 2 is 1.38 bits per heavy atom. The minimum Gasteiger partial charge on any atom is -0.327 e. The van der Waals surface area contributed by atoms with Crippen LogP contribution in [0.4, 0.5) is 4.79 Å². The molecule has 0 heterocycles. The molecule has 0 aliphatic heterocycles. The van der Waals surface area contributed by atoms with Gasteiger partial charge in [0.15, 0.2) is 0 Å². The molecule has 0 radical (unpaired) electrons. The molecular weight excluding hydrogens is 288 g/mol. The minimum absolute atomic E-state index is 0.255. The number of hydrogen-bond acceptors (Lipinski definition) is 2. The molecule has 0 saturated carbocycles. The Balaban J connectivity index is 2.21. The lowest BCUT2D eigenvalue weighted by atomic mass is 9.99. The van der Waals surface area contributed by atoms with Crippen molar-refractivity contribution in [1.82, 2.24) is 10.6 Å². The van der Waals surface area contributed by atoms with Gasteiger partial charge in [-0.3, -0.25) is 10.1 Å². The van der Waals surface area contributed by atoms with Gasteiger partial charge in [0.25, 0.3) is 0 Å². The van der Waals surface area contributed by atoms with Crippen LogP contribution in [0.2, 0.25) is 0 Å². The van der Waals surface area contributed by atoms with Crippen LogP contribution in [0.1, 0.15) is 17.2 Å². The van der Waals surface area contributed by atoms with Crippen LogP contribution in [-0.2, 0) is 4.79 Å². The van der Waals surface area contributed by atoms with Crippen LogP contribution >= 0.6 is 11.6 Å². The van der Waals surface area contributed by atoms with Crippen LogP contribution in [0.25, 0.3) is 0 Å². The average Bonchev–Trinajstić information content (AvgIpc) is 2.54. The van der Waals surface area contributed by atoms with Crippen molar-refractivity contribution in [3.8, 4) is 0 Å². The number of halogens is 1. The van der Waals surface area contributed by atoms with E-state index in [1.807, 2.05) is 60.7 Å². The molecule has 0 atom stereocenters. The van der Waals surface area contributed by atoms with Crippen molar-refractivity contribution in [3.63, 3.8) is 0 Å². The quantitative estimate of drug-likeness (QED) is 0.853. The van der Waals surface area contributed by atoms with Crippen molar-refractivity contribution in [3.05, 3.63) is 71.8 Å². The molecule has 0 bridgehead atoms. The SMILES string of the molecule is O=C(CCl)NC(=O)NC(c1ccccc1)c1ccccc1. The van der Waals surface area contributed by atoms with Crippen LogP contribution in [0.15, 0.2) is 60.7 Å². The number of benzene rings is 2. The maximum atomic E-state index is 11.9. The Hall–Kier alpha value is -2.33. The Morgan fingerprint density at radius 1 is 0.905 bits per heavy atom. The molecule has 2 N–H and O–H groups in total. The van der Waals surface area contributed by atoms with Crippen LogP contribution in [0.5, 0.6) is 0 Å². The van der Waals surface area contributed by atoms with E-state index in [0.717, 1.165) is 11.1 Å². The fourth-order valence-corrected chi connectivity index (χ4v) is 2.04. The van der Waals surface area contributed by atoms with E-state index in [2.05, 4.69) is 10.6 Å². The molecular formula is C16H15ClN2O2. The summed E-state index contributed by atoms with van der Waals surface area (Å²) in [5, 5.41) is 4.96. The lowest BCUT2D eigenvalue weighted by Crippen LogP contribution is -2.42. The van der Waals surface area contributed by atoms with Gasteiger partial charge in [0.1, 0.15) is 5.88 Å². The average molecular weight is 303 g/mol. The van der Waals surface area contributed by atoms with Gasteiger partial charge in [0, 0.05) is 0 Å². The van der Waals surface area contributed by atoms with Crippen LogP contribution < -0.4 is 10.6 Å². The molecule has 108 valence electrons. The zero-order valence-electron chi connectivity index (χ0n) is 11.3. The molecule has 0 aliphatic rings. The van der Waals surface area contributed by atoms with Crippen molar-refractivity contribution in [2.24, 2.45) is 0 Å². The molecule has 3 amide bonds. The third-order valence-electron chi connectivity index (χ3n) is 2.92. The first-order chi connectivity index (χ1) is 10.2. The molecule has 5 heteroatoms. The van der Waals surface area contributed by atoms with Crippen LogP contribution in [-0.4, -0.2) is 17.8 Å². The van der Waals surface area contributed by atoms with Gasteiger partial charge in [0.2, 0.25) is 5.91 Å². The Kier molecular flexibility index (Phi) is 5.35.